The number of hydrogen-bond donors (Lipinski definition) is 0. The van der Waals surface area contributed by atoms with Crippen LogP contribution in [0, 0.1) is 23.2 Å². The van der Waals surface area contributed by atoms with E-state index in [1.54, 1.807) is 0 Å². The Hall–Kier alpha value is -0.570. The minimum atomic E-state index is 0.0477. The van der Waals surface area contributed by atoms with E-state index >= 15 is 0 Å². The number of morpholine rings is 1. The lowest BCUT2D eigenvalue weighted by Gasteiger charge is -2.56. The third kappa shape index (κ3) is 1.63. The standard InChI is InChI=1S/C15H23NO2/c17-14(16-1-3-18-4-2-16)15-8-11-5-12(9-15)7-13(6-11)10-15/h11-13H,1-10H2. The van der Waals surface area contributed by atoms with Gasteiger partial charge in [-0.05, 0) is 56.3 Å². The Bertz CT molecular complexity index is 324. The van der Waals surface area contributed by atoms with Crippen LogP contribution in [0.3, 0.4) is 0 Å². The Kier molecular flexibility index (Phi) is 2.48. The summed E-state index contributed by atoms with van der Waals surface area (Å²) in [4.78, 5) is 15.0. The van der Waals surface area contributed by atoms with Crippen molar-refractivity contribution in [2.75, 3.05) is 26.3 Å². The van der Waals surface area contributed by atoms with Gasteiger partial charge in [0.2, 0.25) is 5.91 Å². The Morgan fingerprint density at radius 3 is 1.94 bits per heavy atom. The van der Waals surface area contributed by atoms with Gasteiger partial charge in [-0.1, -0.05) is 0 Å². The molecule has 0 atom stereocenters. The second-order valence-electron chi connectivity index (χ2n) is 7.10. The van der Waals surface area contributed by atoms with Crippen LogP contribution in [0.4, 0.5) is 0 Å². The van der Waals surface area contributed by atoms with Crippen LogP contribution in [0.5, 0.6) is 0 Å². The van der Waals surface area contributed by atoms with Crippen LogP contribution in [0.1, 0.15) is 38.5 Å². The van der Waals surface area contributed by atoms with Crippen molar-refractivity contribution in [1.29, 1.82) is 0 Å². The lowest BCUT2D eigenvalue weighted by atomic mass is 9.49. The highest BCUT2D eigenvalue weighted by atomic mass is 16.5. The fourth-order valence-corrected chi connectivity index (χ4v) is 5.47. The van der Waals surface area contributed by atoms with E-state index in [0.29, 0.717) is 5.91 Å². The van der Waals surface area contributed by atoms with E-state index in [1.165, 1.54) is 38.5 Å². The molecule has 0 spiro atoms. The molecule has 1 amide bonds. The van der Waals surface area contributed by atoms with E-state index < -0.39 is 0 Å². The predicted octanol–water partition coefficient (Wildman–Crippen LogP) is 2.06. The van der Waals surface area contributed by atoms with Gasteiger partial charge >= 0.3 is 0 Å². The molecule has 0 unspecified atom stereocenters. The fraction of sp³-hybridized carbons (Fsp3) is 0.933. The molecule has 3 nitrogen and oxygen atoms in total. The van der Waals surface area contributed by atoms with Crippen LogP contribution in [0.2, 0.25) is 0 Å². The first kappa shape index (κ1) is 11.3. The number of hydrogen-bond acceptors (Lipinski definition) is 2. The number of carbonyl (C=O) groups is 1. The summed E-state index contributed by atoms with van der Waals surface area (Å²) in [7, 11) is 0. The SMILES string of the molecule is O=C(N1CCOCC1)C12CC3CC(CC(C3)C1)C2. The third-order valence-electron chi connectivity index (χ3n) is 5.79. The minimum Gasteiger partial charge on any atom is -0.378 e. The second kappa shape index (κ2) is 3.96. The van der Waals surface area contributed by atoms with Crippen molar-refractivity contribution in [3.05, 3.63) is 0 Å². The van der Waals surface area contributed by atoms with E-state index in [0.717, 1.165) is 44.1 Å². The molecule has 0 aromatic heterocycles. The highest BCUT2D eigenvalue weighted by Crippen LogP contribution is 2.60. The topological polar surface area (TPSA) is 29.5 Å². The molecule has 100 valence electrons. The summed E-state index contributed by atoms with van der Waals surface area (Å²) in [6, 6.07) is 0. The monoisotopic (exact) mass is 249 g/mol. The Balaban J connectivity index is 1.57. The normalized spacial score (nSPS) is 46.4. The molecule has 4 saturated carbocycles. The first-order valence-electron chi connectivity index (χ1n) is 7.62. The van der Waals surface area contributed by atoms with Gasteiger partial charge in [0.1, 0.15) is 0 Å². The average Bonchev–Trinajstić information content (AvgIpc) is 2.37. The molecule has 3 heteroatoms. The lowest BCUT2D eigenvalue weighted by molar-refractivity contribution is -0.161. The molecule has 4 aliphatic carbocycles. The van der Waals surface area contributed by atoms with Crippen molar-refractivity contribution in [2.24, 2.45) is 23.2 Å². The summed E-state index contributed by atoms with van der Waals surface area (Å²) in [5.74, 6) is 3.06. The smallest absolute Gasteiger partial charge is 0.228 e. The van der Waals surface area contributed by atoms with Gasteiger partial charge in [0.25, 0.3) is 0 Å². The van der Waals surface area contributed by atoms with Gasteiger partial charge in [-0.15, -0.1) is 0 Å². The average molecular weight is 249 g/mol. The maximum atomic E-state index is 12.9. The van der Waals surface area contributed by atoms with Gasteiger partial charge < -0.3 is 9.64 Å². The molecule has 5 aliphatic rings. The van der Waals surface area contributed by atoms with Crippen LogP contribution in [0.25, 0.3) is 0 Å². The molecule has 0 aromatic carbocycles. The Labute approximate surface area is 109 Å². The molecule has 18 heavy (non-hydrogen) atoms. The fourth-order valence-electron chi connectivity index (χ4n) is 5.47. The van der Waals surface area contributed by atoms with Crippen molar-refractivity contribution < 1.29 is 9.53 Å². The van der Waals surface area contributed by atoms with Crippen LogP contribution < -0.4 is 0 Å². The highest BCUT2D eigenvalue weighted by Gasteiger charge is 2.55. The first-order chi connectivity index (χ1) is 8.75. The summed E-state index contributed by atoms with van der Waals surface area (Å²) in [6.45, 7) is 3.11. The van der Waals surface area contributed by atoms with Crippen LogP contribution >= 0.6 is 0 Å². The predicted molar refractivity (Wildman–Crippen MR) is 68.0 cm³/mol. The van der Waals surface area contributed by atoms with Crippen molar-refractivity contribution in [3.63, 3.8) is 0 Å². The third-order valence-corrected chi connectivity index (χ3v) is 5.79. The molecule has 0 aromatic rings. The number of ether oxygens (including phenoxy) is 1. The minimum absolute atomic E-state index is 0.0477. The zero-order valence-corrected chi connectivity index (χ0v) is 11.1. The number of rotatable bonds is 1. The van der Waals surface area contributed by atoms with Crippen LogP contribution in [-0.2, 0) is 9.53 Å². The van der Waals surface area contributed by atoms with E-state index in [1.807, 2.05) is 0 Å². The summed E-state index contributed by atoms with van der Waals surface area (Å²) in [6.07, 6.45) is 7.81. The van der Waals surface area contributed by atoms with Gasteiger partial charge in [-0.2, -0.15) is 0 Å². The molecule has 5 fully saturated rings. The maximum Gasteiger partial charge on any atom is 0.228 e. The summed E-state index contributed by atoms with van der Waals surface area (Å²) in [5.41, 5.74) is 0.0477. The van der Waals surface area contributed by atoms with E-state index in [2.05, 4.69) is 4.90 Å². The van der Waals surface area contributed by atoms with Gasteiger partial charge in [0.15, 0.2) is 0 Å². The molecule has 1 heterocycles. The molecular weight excluding hydrogens is 226 g/mol. The van der Waals surface area contributed by atoms with Crippen LogP contribution in [-0.4, -0.2) is 37.1 Å². The molecule has 5 rings (SSSR count). The van der Waals surface area contributed by atoms with Gasteiger partial charge in [-0.25, -0.2) is 0 Å². The molecule has 1 saturated heterocycles. The second-order valence-corrected chi connectivity index (χ2v) is 7.10. The number of carbonyl (C=O) groups excluding carboxylic acids is 1. The van der Waals surface area contributed by atoms with E-state index in [9.17, 15) is 4.79 Å². The first-order valence-corrected chi connectivity index (χ1v) is 7.62. The van der Waals surface area contributed by atoms with Crippen LogP contribution in [0.15, 0.2) is 0 Å². The lowest BCUT2D eigenvalue weighted by Crippen LogP contribution is -2.56. The summed E-state index contributed by atoms with van der Waals surface area (Å²) >= 11 is 0. The van der Waals surface area contributed by atoms with Gasteiger partial charge in [0, 0.05) is 13.1 Å². The highest BCUT2D eigenvalue weighted by molar-refractivity contribution is 5.83. The molecule has 4 bridgehead atoms. The molecule has 0 radical (unpaired) electrons. The Morgan fingerprint density at radius 1 is 0.944 bits per heavy atom. The quantitative estimate of drug-likeness (QED) is 0.712. The van der Waals surface area contributed by atoms with Gasteiger partial charge in [-0.3, -0.25) is 4.79 Å². The zero-order chi connectivity index (χ0) is 12.2. The number of amides is 1. The molecule has 1 aliphatic heterocycles. The van der Waals surface area contributed by atoms with Gasteiger partial charge in [0.05, 0.1) is 18.6 Å². The summed E-state index contributed by atoms with van der Waals surface area (Å²) < 4.78 is 5.37. The van der Waals surface area contributed by atoms with E-state index in [-0.39, 0.29) is 5.41 Å². The largest absolute Gasteiger partial charge is 0.378 e. The molecule has 0 N–H and O–H groups in total. The molecular formula is C15H23NO2. The van der Waals surface area contributed by atoms with Crippen molar-refractivity contribution in [1.82, 2.24) is 4.90 Å². The van der Waals surface area contributed by atoms with Crippen molar-refractivity contribution in [2.45, 2.75) is 38.5 Å². The zero-order valence-electron chi connectivity index (χ0n) is 11.1. The van der Waals surface area contributed by atoms with Crippen molar-refractivity contribution in [3.8, 4) is 0 Å². The number of nitrogens with zero attached hydrogens (tertiary/aromatic N) is 1. The Morgan fingerprint density at radius 2 is 1.44 bits per heavy atom. The summed E-state index contributed by atoms with van der Waals surface area (Å²) in [5, 5.41) is 0. The van der Waals surface area contributed by atoms with E-state index in [4.69, 9.17) is 4.74 Å². The maximum absolute atomic E-state index is 12.9. The van der Waals surface area contributed by atoms with Crippen molar-refractivity contribution >= 4 is 5.91 Å².